The molecule has 0 fully saturated rings. The Balaban J connectivity index is 3.12. The summed E-state index contributed by atoms with van der Waals surface area (Å²) in [5.41, 5.74) is 1.03. The van der Waals surface area contributed by atoms with E-state index in [0.29, 0.717) is 6.54 Å². The van der Waals surface area contributed by atoms with Crippen LogP contribution < -0.4 is 10.6 Å². The molecule has 2 N–H and O–H groups in total. The van der Waals surface area contributed by atoms with Gasteiger partial charge >= 0.3 is 6.09 Å². The van der Waals surface area contributed by atoms with Crippen LogP contribution in [-0.2, 0) is 14.3 Å². The largest absolute Gasteiger partial charge is 0.444 e. The predicted molar refractivity (Wildman–Crippen MR) is 118 cm³/mol. The molecular formula is C23H37N3O4. The molecule has 0 spiro atoms. The molecular weight excluding hydrogens is 382 g/mol. The standard InChI is InChI=1S/C23H37N3O4/c1-8-9-14-24-21(28)20(18-13-11-10-12-17(18)4)26(16(2)3)19(27)15-25-22(29)30-23(5,6)7/h10-13,16,20H,8-9,14-15H2,1-7H3,(H,24,28)(H,25,29). The van der Waals surface area contributed by atoms with Crippen LogP contribution in [-0.4, -0.2) is 47.5 Å². The number of hydrogen-bond acceptors (Lipinski definition) is 4. The van der Waals surface area contributed by atoms with E-state index in [0.717, 1.165) is 24.0 Å². The van der Waals surface area contributed by atoms with Gasteiger partial charge in [0.15, 0.2) is 0 Å². The zero-order valence-electron chi connectivity index (χ0n) is 19.4. The molecule has 7 heteroatoms. The minimum Gasteiger partial charge on any atom is -0.444 e. The van der Waals surface area contributed by atoms with Crippen molar-refractivity contribution in [2.75, 3.05) is 13.1 Å². The summed E-state index contributed by atoms with van der Waals surface area (Å²) < 4.78 is 5.21. The first-order valence-corrected chi connectivity index (χ1v) is 10.6. The molecule has 1 aromatic carbocycles. The number of benzene rings is 1. The first kappa shape index (κ1) is 25.5. The van der Waals surface area contributed by atoms with Crippen LogP contribution in [0.25, 0.3) is 0 Å². The van der Waals surface area contributed by atoms with Gasteiger partial charge in [-0.15, -0.1) is 0 Å². The zero-order chi connectivity index (χ0) is 22.9. The lowest BCUT2D eigenvalue weighted by atomic mass is 9.97. The molecule has 0 saturated carbocycles. The Bertz CT molecular complexity index is 725. The van der Waals surface area contributed by atoms with Crippen molar-refractivity contribution in [1.82, 2.24) is 15.5 Å². The van der Waals surface area contributed by atoms with Crippen molar-refractivity contribution in [1.29, 1.82) is 0 Å². The summed E-state index contributed by atoms with van der Waals surface area (Å²) in [6.07, 6.45) is 1.16. The molecule has 1 aromatic rings. The highest BCUT2D eigenvalue weighted by Crippen LogP contribution is 2.26. The van der Waals surface area contributed by atoms with Gasteiger partial charge in [-0.05, 0) is 59.1 Å². The molecule has 0 radical (unpaired) electrons. The molecule has 0 aromatic heterocycles. The SMILES string of the molecule is CCCCNC(=O)C(c1ccccc1C)N(C(=O)CNC(=O)OC(C)(C)C)C(C)C. The van der Waals surface area contributed by atoms with E-state index in [1.165, 1.54) is 4.90 Å². The lowest BCUT2D eigenvalue weighted by molar-refractivity contribution is -0.142. The fourth-order valence-electron chi connectivity index (χ4n) is 3.08. The summed E-state index contributed by atoms with van der Waals surface area (Å²) >= 11 is 0. The van der Waals surface area contributed by atoms with E-state index >= 15 is 0 Å². The molecule has 7 nitrogen and oxygen atoms in total. The molecule has 168 valence electrons. The van der Waals surface area contributed by atoms with Gasteiger partial charge in [0.1, 0.15) is 18.2 Å². The van der Waals surface area contributed by atoms with E-state index in [9.17, 15) is 14.4 Å². The average Bonchev–Trinajstić information content (AvgIpc) is 2.63. The highest BCUT2D eigenvalue weighted by atomic mass is 16.6. The number of aryl methyl sites for hydroxylation is 1. The number of alkyl carbamates (subject to hydrolysis) is 1. The monoisotopic (exact) mass is 419 g/mol. The summed E-state index contributed by atoms with van der Waals surface area (Å²) in [7, 11) is 0. The van der Waals surface area contributed by atoms with Crippen LogP contribution in [0.2, 0.25) is 0 Å². The van der Waals surface area contributed by atoms with Crippen LogP contribution in [0.4, 0.5) is 4.79 Å². The second kappa shape index (κ2) is 11.6. The van der Waals surface area contributed by atoms with Gasteiger partial charge in [0.05, 0.1) is 0 Å². The second-order valence-electron chi connectivity index (χ2n) is 8.65. The maximum atomic E-state index is 13.1. The smallest absolute Gasteiger partial charge is 0.408 e. The van der Waals surface area contributed by atoms with Gasteiger partial charge < -0.3 is 20.3 Å². The molecule has 0 aliphatic rings. The minimum atomic E-state index is -0.781. The predicted octanol–water partition coefficient (Wildman–Crippen LogP) is 3.71. The Labute approximate surface area is 180 Å². The maximum absolute atomic E-state index is 13.1. The third-order valence-corrected chi connectivity index (χ3v) is 4.47. The van der Waals surface area contributed by atoms with E-state index in [4.69, 9.17) is 4.74 Å². The lowest BCUT2D eigenvalue weighted by Gasteiger charge is -2.35. The van der Waals surface area contributed by atoms with Gasteiger partial charge in [-0.2, -0.15) is 0 Å². The normalized spacial score (nSPS) is 12.3. The fraction of sp³-hybridized carbons (Fsp3) is 0.609. The summed E-state index contributed by atoms with van der Waals surface area (Å²) in [6.45, 7) is 13.2. The summed E-state index contributed by atoms with van der Waals surface area (Å²) in [5.74, 6) is -0.577. The van der Waals surface area contributed by atoms with Crippen molar-refractivity contribution >= 4 is 17.9 Å². The van der Waals surface area contributed by atoms with E-state index in [1.54, 1.807) is 20.8 Å². The quantitative estimate of drug-likeness (QED) is 0.597. The number of hydrogen-bond donors (Lipinski definition) is 2. The van der Waals surface area contributed by atoms with E-state index in [2.05, 4.69) is 17.6 Å². The molecule has 0 saturated heterocycles. The molecule has 0 heterocycles. The maximum Gasteiger partial charge on any atom is 0.408 e. The van der Waals surface area contributed by atoms with Gasteiger partial charge in [0.25, 0.3) is 0 Å². The molecule has 0 bridgehead atoms. The number of ether oxygens (including phenoxy) is 1. The van der Waals surface area contributed by atoms with Crippen LogP contribution in [0.15, 0.2) is 24.3 Å². The van der Waals surface area contributed by atoms with E-state index in [-0.39, 0.29) is 24.4 Å². The van der Waals surface area contributed by atoms with Crippen molar-refractivity contribution < 1.29 is 19.1 Å². The summed E-state index contributed by atoms with van der Waals surface area (Å²) in [4.78, 5) is 39.7. The Kier molecular flexibility index (Phi) is 9.82. The molecule has 30 heavy (non-hydrogen) atoms. The Morgan fingerprint density at radius 1 is 1.10 bits per heavy atom. The lowest BCUT2D eigenvalue weighted by Crippen LogP contribution is -2.50. The molecule has 1 unspecified atom stereocenters. The van der Waals surface area contributed by atoms with Gasteiger partial charge in [0, 0.05) is 12.6 Å². The first-order chi connectivity index (χ1) is 14.0. The fourth-order valence-corrected chi connectivity index (χ4v) is 3.08. The van der Waals surface area contributed by atoms with Crippen LogP contribution in [0.5, 0.6) is 0 Å². The van der Waals surface area contributed by atoms with E-state index in [1.807, 2.05) is 45.0 Å². The number of nitrogens with zero attached hydrogens (tertiary/aromatic N) is 1. The molecule has 0 aliphatic heterocycles. The van der Waals surface area contributed by atoms with Crippen molar-refractivity contribution in [2.45, 2.75) is 79.0 Å². The van der Waals surface area contributed by atoms with Crippen molar-refractivity contribution in [3.05, 3.63) is 35.4 Å². The van der Waals surface area contributed by atoms with Gasteiger partial charge in [-0.1, -0.05) is 37.6 Å². The minimum absolute atomic E-state index is 0.225. The molecule has 1 rings (SSSR count). The first-order valence-electron chi connectivity index (χ1n) is 10.6. The zero-order valence-corrected chi connectivity index (χ0v) is 19.4. The Morgan fingerprint density at radius 3 is 2.27 bits per heavy atom. The average molecular weight is 420 g/mol. The van der Waals surface area contributed by atoms with Crippen LogP contribution >= 0.6 is 0 Å². The number of amides is 3. The Hall–Kier alpha value is -2.57. The Morgan fingerprint density at radius 2 is 1.73 bits per heavy atom. The van der Waals surface area contributed by atoms with Crippen molar-refractivity contribution in [3.63, 3.8) is 0 Å². The van der Waals surface area contributed by atoms with Gasteiger partial charge in [-0.25, -0.2) is 4.79 Å². The summed E-state index contributed by atoms with van der Waals surface area (Å²) in [5, 5.41) is 5.45. The second-order valence-corrected chi connectivity index (χ2v) is 8.65. The molecule has 1 atom stereocenters. The highest BCUT2D eigenvalue weighted by Gasteiger charge is 2.34. The molecule has 3 amide bonds. The van der Waals surface area contributed by atoms with E-state index < -0.39 is 17.7 Å². The number of carbonyl (C=O) groups is 3. The number of rotatable bonds is 9. The van der Waals surface area contributed by atoms with Crippen LogP contribution in [0.1, 0.15) is 71.6 Å². The summed E-state index contributed by atoms with van der Waals surface area (Å²) in [6, 6.07) is 6.51. The number of carbonyl (C=O) groups excluding carboxylic acids is 3. The highest BCUT2D eigenvalue weighted by molar-refractivity contribution is 5.90. The molecule has 0 aliphatic carbocycles. The number of unbranched alkanes of at least 4 members (excludes halogenated alkanes) is 1. The van der Waals surface area contributed by atoms with Gasteiger partial charge in [0.2, 0.25) is 11.8 Å². The van der Waals surface area contributed by atoms with Crippen molar-refractivity contribution in [3.8, 4) is 0 Å². The third kappa shape index (κ3) is 8.05. The van der Waals surface area contributed by atoms with Gasteiger partial charge in [-0.3, -0.25) is 9.59 Å². The van der Waals surface area contributed by atoms with Crippen molar-refractivity contribution in [2.24, 2.45) is 0 Å². The number of nitrogens with one attached hydrogen (secondary N) is 2. The van der Waals surface area contributed by atoms with Crippen LogP contribution in [0, 0.1) is 6.92 Å². The van der Waals surface area contributed by atoms with Crippen LogP contribution in [0.3, 0.4) is 0 Å². The third-order valence-electron chi connectivity index (χ3n) is 4.47. The topological polar surface area (TPSA) is 87.7 Å².